The number of hydrogen-bond acceptors (Lipinski definition) is 7. The third-order valence-electron chi connectivity index (χ3n) is 6.48. The van der Waals surface area contributed by atoms with Gasteiger partial charge in [0, 0.05) is 53.3 Å². The van der Waals surface area contributed by atoms with Gasteiger partial charge in [-0.15, -0.1) is 5.10 Å². The first-order valence-electron chi connectivity index (χ1n) is 11.7. The van der Waals surface area contributed by atoms with Crippen molar-refractivity contribution >= 4 is 17.2 Å². The van der Waals surface area contributed by atoms with Crippen LogP contribution >= 0.6 is 0 Å². The van der Waals surface area contributed by atoms with Crippen LogP contribution in [0.4, 0.5) is 10.2 Å². The molecule has 9 heteroatoms. The Balaban J connectivity index is 1.76. The van der Waals surface area contributed by atoms with E-state index in [-0.39, 0.29) is 11.6 Å². The molecule has 1 aliphatic carbocycles. The Morgan fingerprint density at radius 3 is 2.83 bits per heavy atom. The van der Waals surface area contributed by atoms with Crippen LogP contribution in [0.5, 0.6) is 11.6 Å². The van der Waals surface area contributed by atoms with E-state index in [0.717, 1.165) is 29.1 Å². The van der Waals surface area contributed by atoms with Crippen molar-refractivity contribution in [3.63, 3.8) is 0 Å². The Morgan fingerprint density at radius 2 is 2.11 bits per heavy atom. The molecule has 0 unspecified atom stereocenters. The molecule has 5 rings (SSSR count). The van der Waals surface area contributed by atoms with Gasteiger partial charge in [0.15, 0.2) is 11.6 Å². The first-order valence-corrected chi connectivity index (χ1v) is 11.7. The van der Waals surface area contributed by atoms with Gasteiger partial charge in [0.05, 0.1) is 18.5 Å². The van der Waals surface area contributed by atoms with Gasteiger partial charge in [0.1, 0.15) is 11.9 Å². The van der Waals surface area contributed by atoms with E-state index in [2.05, 4.69) is 15.4 Å². The van der Waals surface area contributed by atoms with Crippen LogP contribution in [0.3, 0.4) is 0 Å². The first-order chi connectivity index (χ1) is 16.8. The summed E-state index contributed by atoms with van der Waals surface area (Å²) in [6.07, 6.45) is 3.95. The number of nitrogens with one attached hydrogen (secondary N) is 2. The van der Waals surface area contributed by atoms with E-state index in [0.29, 0.717) is 40.9 Å². The Bertz CT molecular complexity index is 1330. The number of allylic oxidation sites excluding steroid dienone is 1. The Hall–Kier alpha value is -3.88. The van der Waals surface area contributed by atoms with E-state index in [1.54, 1.807) is 31.0 Å². The van der Waals surface area contributed by atoms with Gasteiger partial charge in [-0.1, -0.05) is 0 Å². The average molecular weight is 477 g/mol. The summed E-state index contributed by atoms with van der Waals surface area (Å²) >= 11 is 0. The number of benzene rings is 1. The van der Waals surface area contributed by atoms with Crippen LogP contribution in [0.15, 0.2) is 42.1 Å². The number of nitrogen functional groups attached to an aromatic ring is 1. The number of nitrogens with two attached hydrogens (primary N) is 1. The van der Waals surface area contributed by atoms with Gasteiger partial charge < -0.3 is 25.9 Å². The van der Waals surface area contributed by atoms with E-state index in [1.165, 1.54) is 25.0 Å². The highest BCUT2D eigenvalue weighted by Crippen LogP contribution is 2.35. The second-order valence-corrected chi connectivity index (χ2v) is 9.14. The van der Waals surface area contributed by atoms with E-state index >= 15 is 0 Å². The van der Waals surface area contributed by atoms with E-state index in [4.69, 9.17) is 20.6 Å². The lowest BCUT2D eigenvalue weighted by Crippen LogP contribution is -2.22. The normalized spacial score (nSPS) is 19.5. The molecule has 1 saturated carbocycles. The molecule has 2 aromatic heterocycles. The molecule has 182 valence electrons. The number of aromatic nitrogens is 3. The molecule has 3 heterocycles. The monoisotopic (exact) mass is 476 g/mol. The lowest BCUT2D eigenvalue weighted by Gasteiger charge is -2.23. The lowest BCUT2D eigenvalue weighted by molar-refractivity contribution is 0.226. The van der Waals surface area contributed by atoms with E-state index in [9.17, 15) is 4.39 Å². The van der Waals surface area contributed by atoms with Gasteiger partial charge in [-0.2, -0.15) is 0 Å². The van der Waals surface area contributed by atoms with Crippen molar-refractivity contribution in [3.05, 3.63) is 64.7 Å². The summed E-state index contributed by atoms with van der Waals surface area (Å²) in [5.74, 6) is 1.32. The summed E-state index contributed by atoms with van der Waals surface area (Å²) in [5, 5.41) is 16.8. The molecule has 2 aliphatic rings. The summed E-state index contributed by atoms with van der Waals surface area (Å²) in [5.41, 5.74) is 11.1. The maximum atomic E-state index is 14.4. The smallest absolute Gasteiger partial charge is 0.233 e. The number of methoxy groups -OCH3 is 1. The first kappa shape index (κ1) is 22.9. The molecule has 1 fully saturated rings. The zero-order chi connectivity index (χ0) is 24.7. The fourth-order valence-electron chi connectivity index (χ4n) is 4.35. The van der Waals surface area contributed by atoms with Crippen LogP contribution in [-0.4, -0.2) is 34.1 Å². The van der Waals surface area contributed by atoms with Crippen LogP contribution in [0.2, 0.25) is 0 Å². The number of rotatable bonds is 5. The Morgan fingerprint density at radius 1 is 1.31 bits per heavy atom. The molecule has 1 atom stereocenters. The molecule has 3 aromatic rings. The molecule has 0 amide bonds. The topological polar surface area (TPSA) is 111 Å². The van der Waals surface area contributed by atoms with Crippen LogP contribution in [0, 0.1) is 17.1 Å². The summed E-state index contributed by atoms with van der Waals surface area (Å²) in [4.78, 5) is 4.38. The van der Waals surface area contributed by atoms with Crippen LogP contribution in [-0.2, 0) is 6.42 Å². The molecule has 1 aromatic carbocycles. The van der Waals surface area contributed by atoms with E-state index in [1.807, 2.05) is 19.1 Å². The number of halogens is 1. The minimum absolute atomic E-state index is 0.242. The average Bonchev–Trinajstić information content (AvgIpc) is 3.57. The SMILES string of the molecule is COc1cc2n(n1)-c1ccc(F)cc1[C@@H](C)Oc1cc(cnc1N)/C(NCC1CC1)=C(/C(C)=N)C2. The van der Waals surface area contributed by atoms with Gasteiger partial charge >= 0.3 is 0 Å². The number of fused-ring (bicyclic) bond motifs is 5. The standard InChI is InChI=1S/C26H29FN6O2/c1-14(28)20-10-19-11-24(34-3)32-33(19)22-7-6-18(27)9-21(22)15(2)35-23-8-17(13-31-26(23)29)25(20)30-12-16-4-5-16/h6-9,11,13,15-16,28,30H,4-5,10,12H2,1-3H3,(H2,29,31)/b25-20-,28-14?/t15-/m1/s1. The minimum Gasteiger partial charge on any atom is -0.482 e. The highest BCUT2D eigenvalue weighted by Gasteiger charge is 2.26. The van der Waals surface area contributed by atoms with Crippen molar-refractivity contribution in [3.8, 4) is 17.3 Å². The predicted octanol–water partition coefficient (Wildman–Crippen LogP) is 4.44. The highest BCUT2D eigenvalue weighted by molar-refractivity contribution is 6.03. The summed E-state index contributed by atoms with van der Waals surface area (Å²) in [6, 6.07) is 8.21. The fraction of sp³-hybridized carbons (Fsp3) is 0.346. The van der Waals surface area contributed by atoms with Crippen molar-refractivity contribution in [1.82, 2.24) is 20.1 Å². The Labute approximate surface area is 203 Å². The number of hydrogen-bond donors (Lipinski definition) is 3. The van der Waals surface area contributed by atoms with Crippen molar-refractivity contribution in [2.45, 2.75) is 39.2 Å². The molecule has 8 nitrogen and oxygen atoms in total. The van der Waals surface area contributed by atoms with Crippen molar-refractivity contribution in [1.29, 1.82) is 5.41 Å². The molecule has 1 aliphatic heterocycles. The quantitative estimate of drug-likeness (QED) is 0.470. The van der Waals surface area contributed by atoms with Gasteiger partial charge in [-0.25, -0.2) is 14.1 Å². The molecule has 4 N–H and O–H groups in total. The zero-order valence-electron chi connectivity index (χ0n) is 20.1. The number of anilines is 1. The minimum atomic E-state index is -0.543. The summed E-state index contributed by atoms with van der Waals surface area (Å²) in [6.45, 7) is 4.42. The molecular formula is C26H29FN6O2. The predicted molar refractivity (Wildman–Crippen MR) is 133 cm³/mol. The molecule has 0 saturated heterocycles. The summed E-state index contributed by atoms with van der Waals surface area (Å²) < 4.78 is 27.8. The third-order valence-corrected chi connectivity index (χ3v) is 6.48. The zero-order valence-corrected chi connectivity index (χ0v) is 20.1. The van der Waals surface area contributed by atoms with Crippen LogP contribution < -0.4 is 20.5 Å². The number of ether oxygens (including phenoxy) is 2. The number of pyridine rings is 1. The van der Waals surface area contributed by atoms with E-state index < -0.39 is 6.10 Å². The Kier molecular flexibility index (Phi) is 5.92. The van der Waals surface area contributed by atoms with Gasteiger partial charge in [0.25, 0.3) is 0 Å². The summed E-state index contributed by atoms with van der Waals surface area (Å²) in [7, 11) is 1.56. The van der Waals surface area contributed by atoms with Crippen molar-refractivity contribution < 1.29 is 13.9 Å². The lowest BCUT2D eigenvalue weighted by atomic mass is 9.98. The maximum absolute atomic E-state index is 14.4. The fourth-order valence-corrected chi connectivity index (χ4v) is 4.35. The van der Waals surface area contributed by atoms with Gasteiger partial charge in [0.2, 0.25) is 5.88 Å². The second-order valence-electron chi connectivity index (χ2n) is 9.14. The number of nitrogens with zero attached hydrogens (tertiary/aromatic N) is 3. The third kappa shape index (κ3) is 4.58. The van der Waals surface area contributed by atoms with Gasteiger partial charge in [-0.3, -0.25) is 0 Å². The largest absolute Gasteiger partial charge is 0.482 e. The molecule has 2 bridgehead atoms. The molecule has 0 spiro atoms. The van der Waals surface area contributed by atoms with Crippen LogP contribution in [0.25, 0.3) is 11.4 Å². The second kappa shape index (κ2) is 9.05. The van der Waals surface area contributed by atoms with Crippen molar-refractivity contribution in [2.75, 3.05) is 19.4 Å². The maximum Gasteiger partial charge on any atom is 0.233 e. The highest BCUT2D eigenvalue weighted by atomic mass is 19.1. The van der Waals surface area contributed by atoms with Crippen molar-refractivity contribution in [2.24, 2.45) is 5.92 Å². The molecule has 0 radical (unpaired) electrons. The molecular weight excluding hydrogens is 447 g/mol. The van der Waals surface area contributed by atoms with Gasteiger partial charge in [-0.05, 0) is 56.9 Å². The van der Waals surface area contributed by atoms with Crippen LogP contribution in [0.1, 0.15) is 49.6 Å². The molecule has 35 heavy (non-hydrogen) atoms.